The lowest BCUT2D eigenvalue weighted by Gasteiger charge is -2.34. The quantitative estimate of drug-likeness (QED) is 0.625. The number of halogens is 1. The topological polar surface area (TPSA) is 69.0 Å². The Morgan fingerprint density at radius 2 is 2.03 bits per heavy atom. The normalized spacial score (nSPS) is 14.4. The number of nitriles is 1. The van der Waals surface area contributed by atoms with E-state index < -0.39 is 0 Å². The molecule has 0 bridgehead atoms. The number of rotatable bonds is 5. The zero-order valence-electron chi connectivity index (χ0n) is 17.6. The number of fused-ring (bicyclic) bond motifs is 1. The van der Waals surface area contributed by atoms with E-state index in [2.05, 4.69) is 40.3 Å². The Hall–Kier alpha value is -3.10. The summed E-state index contributed by atoms with van der Waals surface area (Å²) in [6, 6.07) is 16.1. The second-order valence-corrected chi connectivity index (χ2v) is 8.32. The van der Waals surface area contributed by atoms with Crippen molar-refractivity contribution in [3.63, 3.8) is 0 Å². The number of benzene rings is 2. The van der Waals surface area contributed by atoms with E-state index in [1.54, 1.807) is 6.20 Å². The zero-order chi connectivity index (χ0) is 21.8. The van der Waals surface area contributed by atoms with Crippen molar-refractivity contribution in [2.75, 3.05) is 18.0 Å². The maximum atomic E-state index is 12.7. The highest BCUT2D eigenvalue weighted by Gasteiger charge is 2.27. The first-order valence-corrected chi connectivity index (χ1v) is 11.1. The molecule has 158 valence electrons. The molecule has 1 aromatic heterocycles. The number of carbonyl (C=O) groups excluding carboxylic acids is 1. The lowest BCUT2D eigenvalue weighted by atomic mass is 9.94. The summed E-state index contributed by atoms with van der Waals surface area (Å²) in [4.78, 5) is 19.4. The summed E-state index contributed by atoms with van der Waals surface area (Å²) < 4.78 is 0. The number of carbonyl (C=O) groups is 1. The minimum Gasteiger partial charge on any atom is -0.370 e. The molecule has 0 radical (unpaired) electrons. The average Bonchev–Trinajstić information content (AvgIpc) is 2.82. The average molecular weight is 433 g/mol. The number of aromatic nitrogens is 1. The first-order chi connectivity index (χ1) is 15.1. The molecule has 5 nitrogen and oxygen atoms in total. The van der Waals surface area contributed by atoms with Gasteiger partial charge in [-0.25, -0.2) is 0 Å². The van der Waals surface area contributed by atoms with Crippen LogP contribution in [0.2, 0.25) is 5.02 Å². The van der Waals surface area contributed by atoms with E-state index >= 15 is 0 Å². The number of anilines is 1. The molecular formula is C25H25ClN4O. The first kappa shape index (κ1) is 21.1. The largest absolute Gasteiger partial charge is 0.370 e. The number of piperidine rings is 1. The van der Waals surface area contributed by atoms with E-state index in [1.807, 2.05) is 30.3 Å². The molecule has 31 heavy (non-hydrogen) atoms. The third kappa shape index (κ3) is 4.50. The van der Waals surface area contributed by atoms with Crippen molar-refractivity contribution in [2.24, 2.45) is 5.92 Å². The molecule has 1 amide bonds. The molecule has 6 heteroatoms. The van der Waals surface area contributed by atoms with Crippen LogP contribution in [0.3, 0.4) is 0 Å². The maximum absolute atomic E-state index is 12.7. The summed E-state index contributed by atoms with van der Waals surface area (Å²) in [6.45, 7) is 4.02. The molecule has 0 aliphatic carbocycles. The van der Waals surface area contributed by atoms with E-state index in [-0.39, 0.29) is 11.8 Å². The molecule has 1 fully saturated rings. The Labute approximate surface area is 187 Å². The van der Waals surface area contributed by atoms with Gasteiger partial charge in [-0.15, -0.1) is 0 Å². The van der Waals surface area contributed by atoms with Gasteiger partial charge in [-0.3, -0.25) is 9.78 Å². The number of hydrogen-bond donors (Lipinski definition) is 1. The van der Waals surface area contributed by atoms with Gasteiger partial charge in [0, 0.05) is 42.2 Å². The van der Waals surface area contributed by atoms with Crippen LogP contribution in [0, 0.1) is 17.2 Å². The fraction of sp³-hybridized carbons (Fsp3) is 0.320. The minimum atomic E-state index is -0.0384. The van der Waals surface area contributed by atoms with Gasteiger partial charge in [0.1, 0.15) is 6.07 Å². The van der Waals surface area contributed by atoms with Gasteiger partial charge in [0.25, 0.3) is 0 Å². The molecule has 1 N–H and O–H groups in total. The van der Waals surface area contributed by atoms with Gasteiger partial charge in [-0.2, -0.15) is 5.26 Å². The predicted molar refractivity (Wildman–Crippen MR) is 124 cm³/mol. The summed E-state index contributed by atoms with van der Waals surface area (Å²) in [5.74, 6) is 0.0245. The minimum absolute atomic E-state index is 0.0384. The Morgan fingerprint density at radius 3 is 2.74 bits per heavy atom. The lowest BCUT2D eigenvalue weighted by molar-refractivity contribution is -0.125. The number of nitrogens with one attached hydrogen (secondary N) is 1. The summed E-state index contributed by atoms with van der Waals surface area (Å²) in [5, 5.41) is 14.4. The summed E-state index contributed by atoms with van der Waals surface area (Å²) in [6.07, 6.45) is 4.08. The molecular weight excluding hydrogens is 408 g/mol. The highest BCUT2D eigenvalue weighted by Crippen LogP contribution is 2.33. The molecule has 2 heterocycles. The van der Waals surface area contributed by atoms with Crippen LogP contribution in [0.5, 0.6) is 0 Å². The second kappa shape index (κ2) is 9.36. The lowest BCUT2D eigenvalue weighted by Crippen LogP contribution is -2.40. The second-order valence-electron chi connectivity index (χ2n) is 7.91. The molecule has 1 aliphatic rings. The monoisotopic (exact) mass is 432 g/mol. The van der Waals surface area contributed by atoms with Crippen molar-refractivity contribution in [2.45, 2.75) is 32.7 Å². The maximum Gasteiger partial charge on any atom is 0.223 e. The van der Waals surface area contributed by atoms with Gasteiger partial charge in [0.15, 0.2) is 0 Å². The summed E-state index contributed by atoms with van der Waals surface area (Å²) >= 11 is 6.19. The van der Waals surface area contributed by atoms with Crippen LogP contribution in [-0.4, -0.2) is 24.0 Å². The van der Waals surface area contributed by atoms with Crippen molar-refractivity contribution in [3.05, 3.63) is 70.4 Å². The Kier molecular flexibility index (Phi) is 6.39. The predicted octanol–water partition coefficient (Wildman–Crippen LogP) is 4.86. The van der Waals surface area contributed by atoms with Gasteiger partial charge in [0.05, 0.1) is 16.8 Å². The molecule has 0 unspecified atom stereocenters. The number of hydrogen-bond acceptors (Lipinski definition) is 4. The van der Waals surface area contributed by atoms with Crippen LogP contribution in [0.1, 0.15) is 36.5 Å². The molecule has 4 rings (SSSR count). The van der Waals surface area contributed by atoms with E-state index in [1.165, 1.54) is 5.56 Å². The molecule has 2 aromatic carbocycles. The molecule has 1 aliphatic heterocycles. The molecule has 1 saturated heterocycles. The first-order valence-electron chi connectivity index (χ1n) is 10.7. The van der Waals surface area contributed by atoms with Crippen LogP contribution >= 0.6 is 11.6 Å². The smallest absolute Gasteiger partial charge is 0.223 e. The van der Waals surface area contributed by atoms with Gasteiger partial charge in [0.2, 0.25) is 5.91 Å². The highest BCUT2D eigenvalue weighted by molar-refractivity contribution is 6.31. The Morgan fingerprint density at radius 1 is 1.26 bits per heavy atom. The van der Waals surface area contributed by atoms with E-state index in [0.717, 1.165) is 54.5 Å². The van der Waals surface area contributed by atoms with Crippen molar-refractivity contribution in [1.82, 2.24) is 10.3 Å². The molecule has 0 atom stereocenters. The fourth-order valence-corrected chi connectivity index (χ4v) is 4.40. The van der Waals surface area contributed by atoms with Crippen LogP contribution < -0.4 is 10.2 Å². The number of amides is 1. The highest BCUT2D eigenvalue weighted by atomic mass is 35.5. The summed E-state index contributed by atoms with van der Waals surface area (Å²) in [5.41, 5.74) is 4.56. The third-order valence-electron chi connectivity index (χ3n) is 6.03. The van der Waals surface area contributed by atoms with Gasteiger partial charge >= 0.3 is 0 Å². The van der Waals surface area contributed by atoms with Gasteiger partial charge in [-0.1, -0.05) is 42.8 Å². The molecule has 0 saturated carbocycles. The van der Waals surface area contributed by atoms with Gasteiger partial charge < -0.3 is 10.2 Å². The Bertz CT molecular complexity index is 1150. The van der Waals surface area contributed by atoms with E-state index in [0.29, 0.717) is 17.1 Å². The van der Waals surface area contributed by atoms with E-state index in [9.17, 15) is 10.1 Å². The third-order valence-corrected chi connectivity index (χ3v) is 6.39. The standard InChI is InChI=1S/C25H25ClN4O/c1-2-17-7-8-23-21(13-17)24(20(14-27)16-28-23)30-11-9-18(10-12-30)25(31)29-15-19-5-3-4-6-22(19)26/h3-8,13,16,18H,2,9-12,15H2,1H3,(H,29,31). The van der Waals surface area contributed by atoms with Crippen molar-refractivity contribution in [1.29, 1.82) is 5.26 Å². The molecule has 3 aromatic rings. The van der Waals surface area contributed by atoms with Crippen molar-refractivity contribution in [3.8, 4) is 6.07 Å². The number of pyridine rings is 1. The van der Waals surface area contributed by atoms with Crippen LogP contribution in [0.25, 0.3) is 10.9 Å². The van der Waals surface area contributed by atoms with E-state index in [4.69, 9.17) is 11.6 Å². The zero-order valence-corrected chi connectivity index (χ0v) is 18.3. The fourth-order valence-electron chi connectivity index (χ4n) is 4.20. The Balaban J connectivity index is 1.47. The van der Waals surface area contributed by atoms with Gasteiger partial charge in [-0.05, 0) is 48.6 Å². The van der Waals surface area contributed by atoms with Crippen LogP contribution in [-0.2, 0) is 17.8 Å². The van der Waals surface area contributed by atoms with Crippen molar-refractivity contribution < 1.29 is 4.79 Å². The summed E-state index contributed by atoms with van der Waals surface area (Å²) in [7, 11) is 0. The number of nitrogens with zero attached hydrogens (tertiary/aromatic N) is 3. The van der Waals surface area contributed by atoms with Crippen LogP contribution in [0.15, 0.2) is 48.7 Å². The SMILES string of the molecule is CCc1ccc2ncc(C#N)c(N3CCC(C(=O)NCc4ccccc4Cl)CC3)c2c1. The van der Waals surface area contributed by atoms with Crippen molar-refractivity contribution >= 4 is 34.1 Å². The molecule has 0 spiro atoms. The van der Waals surface area contributed by atoms with Crippen LogP contribution in [0.4, 0.5) is 5.69 Å². The number of aryl methyl sites for hydroxylation is 1.